The van der Waals surface area contributed by atoms with Gasteiger partial charge in [-0.1, -0.05) is 11.6 Å². The Bertz CT molecular complexity index is 624. The van der Waals surface area contributed by atoms with Gasteiger partial charge in [0.05, 0.1) is 16.8 Å². The number of nitrogens with one attached hydrogen (secondary N) is 1. The number of anilines is 1. The normalized spacial score (nSPS) is 10.5. The first-order valence-electron chi connectivity index (χ1n) is 5.59. The Labute approximate surface area is 115 Å². The number of hydrogen-bond donors (Lipinski definition) is 2. The lowest BCUT2D eigenvalue weighted by atomic mass is 10.2. The van der Waals surface area contributed by atoms with Crippen LogP contribution >= 0.6 is 11.6 Å². The van der Waals surface area contributed by atoms with Crippen LogP contribution < -0.4 is 5.32 Å². The van der Waals surface area contributed by atoms with Crippen molar-refractivity contribution in [1.29, 1.82) is 0 Å². The molecule has 2 N–H and O–H groups in total. The van der Waals surface area contributed by atoms with Crippen LogP contribution in [0.2, 0.25) is 5.02 Å². The monoisotopic (exact) mass is 280 g/mol. The molecule has 0 aliphatic heterocycles. The van der Waals surface area contributed by atoms with Gasteiger partial charge in [-0.15, -0.1) is 0 Å². The largest absolute Gasteiger partial charge is 0.478 e. The molecule has 0 aliphatic carbocycles. The smallest absolute Gasteiger partial charge is 0.337 e. The summed E-state index contributed by atoms with van der Waals surface area (Å²) < 4.78 is 1.77. The number of carbonyl (C=O) groups is 1. The van der Waals surface area contributed by atoms with Crippen LogP contribution in [0.5, 0.6) is 0 Å². The Hall–Kier alpha value is -2.08. The van der Waals surface area contributed by atoms with E-state index in [4.69, 9.17) is 16.7 Å². The molecular weight excluding hydrogens is 268 g/mol. The maximum atomic E-state index is 11.0. The lowest BCUT2D eigenvalue weighted by Gasteiger charge is -2.07. The molecule has 0 saturated heterocycles. The molecule has 0 aliphatic rings. The Kier molecular flexibility index (Phi) is 3.71. The van der Waals surface area contributed by atoms with Crippen LogP contribution in [0.15, 0.2) is 18.5 Å². The van der Waals surface area contributed by atoms with Gasteiger partial charge in [-0.25, -0.2) is 9.78 Å². The van der Waals surface area contributed by atoms with Crippen LogP contribution in [0, 0.1) is 6.92 Å². The van der Waals surface area contributed by atoms with Crippen LogP contribution in [0.3, 0.4) is 0 Å². The second kappa shape index (κ2) is 5.27. The molecule has 2 aromatic rings. The van der Waals surface area contributed by atoms with E-state index < -0.39 is 5.97 Å². The molecule has 0 atom stereocenters. The van der Waals surface area contributed by atoms with Crippen molar-refractivity contribution in [2.75, 3.05) is 5.32 Å². The lowest BCUT2D eigenvalue weighted by molar-refractivity contribution is 0.0697. The number of carboxylic acids is 1. The number of rotatable bonds is 4. The van der Waals surface area contributed by atoms with E-state index in [-0.39, 0.29) is 10.6 Å². The molecule has 19 heavy (non-hydrogen) atoms. The van der Waals surface area contributed by atoms with Gasteiger partial charge in [0.2, 0.25) is 0 Å². The maximum absolute atomic E-state index is 11.0. The van der Waals surface area contributed by atoms with E-state index >= 15 is 0 Å². The van der Waals surface area contributed by atoms with Gasteiger partial charge in [0, 0.05) is 31.0 Å². The minimum atomic E-state index is -1.08. The minimum absolute atomic E-state index is 0.0297. The van der Waals surface area contributed by atoms with Crippen molar-refractivity contribution >= 4 is 23.4 Å². The summed E-state index contributed by atoms with van der Waals surface area (Å²) in [5, 5.41) is 16.3. The molecule has 0 bridgehead atoms. The first-order valence-corrected chi connectivity index (χ1v) is 5.97. The fraction of sp³-hybridized carbons (Fsp3) is 0.250. The summed E-state index contributed by atoms with van der Waals surface area (Å²) in [7, 11) is 1.86. The highest BCUT2D eigenvalue weighted by molar-refractivity contribution is 6.33. The summed E-state index contributed by atoms with van der Waals surface area (Å²) >= 11 is 5.75. The Balaban J connectivity index is 2.14. The Morgan fingerprint density at radius 3 is 2.84 bits per heavy atom. The number of hydrogen-bond acceptors (Lipinski definition) is 4. The molecule has 6 nitrogen and oxygen atoms in total. The van der Waals surface area contributed by atoms with E-state index in [0.29, 0.717) is 12.4 Å². The first-order chi connectivity index (χ1) is 8.99. The first kappa shape index (κ1) is 13.4. The van der Waals surface area contributed by atoms with Crippen molar-refractivity contribution in [3.05, 3.63) is 40.3 Å². The third-order valence-corrected chi connectivity index (χ3v) is 3.18. The molecule has 0 fully saturated rings. The second-order valence-corrected chi connectivity index (χ2v) is 4.49. The topological polar surface area (TPSA) is 80.0 Å². The van der Waals surface area contributed by atoms with E-state index in [1.165, 1.54) is 12.3 Å². The summed E-state index contributed by atoms with van der Waals surface area (Å²) in [6, 6.07) is 1.41. The SMILES string of the molecule is Cc1c(CNc2cc(C(=O)O)c(Cl)cn2)cnn1C. The fourth-order valence-electron chi connectivity index (χ4n) is 1.60. The van der Waals surface area contributed by atoms with Gasteiger partial charge >= 0.3 is 5.97 Å². The maximum Gasteiger partial charge on any atom is 0.337 e. The number of carboxylic acid groups (broad SMARTS) is 1. The molecule has 2 heterocycles. The van der Waals surface area contributed by atoms with Crippen LogP contribution in [0.25, 0.3) is 0 Å². The molecule has 0 amide bonds. The van der Waals surface area contributed by atoms with Gasteiger partial charge in [0.25, 0.3) is 0 Å². The minimum Gasteiger partial charge on any atom is -0.478 e. The molecule has 0 saturated carbocycles. The summed E-state index contributed by atoms with van der Waals surface area (Å²) in [6.07, 6.45) is 3.08. The molecular formula is C12H13ClN4O2. The quantitative estimate of drug-likeness (QED) is 0.896. The van der Waals surface area contributed by atoms with Crippen LogP contribution in [-0.4, -0.2) is 25.8 Å². The number of halogens is 1. The fourth-order valence-corrected chi connectivity index (χ4v) is 1.79. The standard InChI is InChI=1S/C12H13ClN4O2/c1-7-8(5-16-17(7)2)4-14-11-3-9(12(18)19)10(13)6-15-11/h3,5-6H,4H2,1-2H3,(H,14,15)(H,18,19). The third-order valence-electron chi connectivity index (χ3n) is 2.88. The van der Waals surface area contributed by atoms with Crippen molar-refractivity contribution < 1.29 is 9.90 Å². The average molecular weight is 281 g/mol. The highest BCUT2D eigenvalue weighted by atomic mass is 35.5. The molecule has 0 aromatic carbocycles. The highest BCUT2D eigenvalue weighted by Crippen LogP contribution is 2.18. The summed E-state index contributed by atoms with van der Waals surface area (Å²) in [4.78, 5) is 15.0. The molecule has 0 unspecified atom stereocenters. The molecule has 2 rings (SSSR count). The van der Waals surface area contributed by atoms with E-state index in [2.05, 4.69) is 15.4 Å². The van der Waals surface area contributed by atoms with Gasteiger partial charge < -0.3 is 10.4 Å². The zero-order valence-electron chi connectivity index (χ0n) is 10.5. The number of aromatic carboxylic acids is 1. The van der Waals surface area contributed by atoms with Gasteiger partial charge in [-0.3, -0.25) is 4.68 Å². The molecule has 0 radical (unpaired) electrons. The van der Waals surface area contributed by atoms with Crippen LogP contribution in [0.4, 0.5) is 5.82 Å². The van der Waals surface area contributed by atoms with Crippen molar-refractivity contribution in [3.8, 4) is 0 Å². The predicted octanol–water partition coefficient (Wildman–Crippen LogP) is 2.09. The van der Waals surface area contributed by atoms with Gasteiger partial charge in [0.15, 0.2) is 0 Å². The lowest BCUT2D eigenvalue weighted by Crippen LogP contribution is -2.05. The summed E-state index contributed by atoms with van der Waals surface area (Å²) in [5.74, 6) is -0.613. The van der Waals surface area contributed by atoms with E-state index in [1.54, 1.807) is 10.9 Å². The zero-order chi connectivity index (χ0) is 14.0. The third kappa shape index (κ3) is 2.85. The molecule has 100 valence electrons. The predicted molar refractivity (Wildman–Crippen MR) is 71.5 cm³/mol. The molecule has 2 aromatic heterocycles. The van der Waals surface area contributed by atoms with Gasteiger partial charge in [-0.05, 0) is 13.0 Å². The molecule has 7 heteroatoms. The van der Waals surface area contributed by atoms with Gasteiger partial charge in [0.1, 0.15) is 5.82 Å². The average Bonchev–Trinajstić information content (AvgIpc) is 2.69. The number of nitrogens with zero attached hydrogens (tertiary/aromatic N) is 3. The van der Waals surface area contributed by atoms with Crippen molar-refractivity contribution in [2.24, 2.45) is 7.05 Å². The summed E-state index contributed by atoms with van der Waals surface area (Å²) in [6.45, 7) is 2.48. The van der Waals surface area contributed by atoms with Crippen molar-refractivity contribution in [2.45, 2.75) is 13.5 Å². The molecule has 0 spiro atoms. The van der Waals surface area contributed by atoms with E-state index in [9.17, 15) is 4.79 Å². The van der Waals surface area contributed by atoms with Crippen LogP contribution in [0.1, 0.15) is 21.6 Å². The van der Waals surface area contributed by atoms with Crippen molar-refractivity contribution in [1.82, 2.24) is 14.8 Å². The number of aryl methyl sites for hydroxylation is 1. The van der Waals surface area contributed by atoms with E-state index in [1.807, 2.05) is 14.0 Å². The van der Waals surface area contributed by atoms with Crippen LogP contribution in [-0.2, 0) is 13.6 Å². The zero-order valence-corrected chi connectivity index (χ0v) is 11.3. The van der Waals surface area contributed by atoms with E-state index in [0.717, 1.165) is 11.3 Å². The number of pyridine rings is 1. The Morgan fingerprint density at radius 1 is 1.53 bits per heavy atom. The highest BCUT2D eigenvalue weighted by Gasteiger charge is 2.11. The second-order valence-electron chi connectivity index (χ2n) is 4.09. The summed E-state index contributed by atoms with van der Waals surface area (Å²) in [5.41, 5.74) is 2.10. The van der Waals surface area contributed by atoms with Crippen molar-refractivity contribution in [3.63, 3.8) is 0 Å². The van der Waals surface area contributed by atoms with Gasteiger partial charge in [-0.2, -0.15) is 5.10 Å². The number of aromatic nitrogens is 3. The Morgan fingerprint density at radius 2 is 2.26 bits per heavy atom.